The summed E-state index contributed by atoms with van der Waals surface area (Å²) in [4.78, 5) is 13.0. The predicted molar refractivity (Wildman–Crippen MR) is 162 cm³/mol. The maximum Gasteiger partial charge on any atom is 0.264 e. The number of carbonyl (C=O) groups excluding carboxylic acids is 1. The van der Waals surface area contributed by atoms with E-state index in [-0.39, 0.29) is 4.90 Å². The topological polar surface area (TPSA) is 83.8 Å². The van der Waals surface area contributed by atoms with Crippen molar-refractivity contribution in [2.75, 3.05) is 10.8 Å². The number of hydrazone groups is 1. The molecule has 0 radical (unpaired) electrons. The van der Waals surface area contributed by atoms with E-state index in [0.29, 0.717) is 10.7 Å². The van der Waals surface area contributed by atoms with Crippen LogP contribution in [0.3, 0.4) is 0 Å². The van der Waals surface area contributed by atoms with Crippen LogP contribution in [-0.4, -0.2) is 31.7 Å². The van der Waals surface area contributed by atoms with Crippen LogP contribution in [0.4, 0.5) is 5.69 Å². The largest absolute Gasteiger partial charge is 0.318 e. The highest BCUT2D eigenvalue weighted by molar-refractivity contribution is 7.92. The van der Waals surface area contributed by atoms with E-state index in [2.05, 4.69) is 47.1 Å². The van der Waals surface area contributed by atoms with Gasteiger partial charge < -0.3 is 4.57 Å². The van der Waals surface area contributed by atoms with Gasteiger partial charge >= 0.3 is 0 Å². The number of anilines is 1. The molecule has 1 heterocycles. The Bertz CT molecular complexity index is 1710. The monoisotopic (exact) mass is 576 g/mol. The molecule has 0 unspecified atom stereocenters. The lowest BCUT2D eigenvalue weighted by molar-refractivity contribution is -0.119. The molecule has 0 saturated heterocycles. The second-order valence-electron chi connectivity index (χ2n) is 9.98. The zero-order chi connectivity index (χ0) is 29.2. The van der Waals surface area contributed by atoms with Crippen molar-refractivity contribution in [2.24, 2.45) is 5.10 Å². The zero-order valence-corrected chi connectivity index (χ0v) is 25.1. The number of hydrogen-bond donors (Lipinski definition) is 1. The van der Waals surface area contributed by atoms with Gasteiger partial charge in [0.1, 0.15) is 6.54 Å². The van der Waals surface area contributed by atoms with Crippen LogP contribution in [-0.2, 0) is 14.8 Å². The number of amides is 1. The Kier molecular flexibility index (Phi) is 8.51. The third-order valence-electron chi connectivity index (χ3n) is 6.92. The van der Waals surface area contributed by atoms with Gasteiger partial charge in [-0.3, -0.25) is 9.10 Å². The highest BCUT2D eigenvalue weighted by atomic mass is 35.5. The van der Waals surface area contributed by atoms with Gasteiger partial charge in [-0.2, -0.15) is 5.10 Å². The van der Waals surface area contributed by atoms with Crippen molar-refractivity contribution in [2.45, 2.75) is 46.4 Å². The number of aryl methyl sites for hydroxylation is 5. The Morgan fingerprint density at radius 1 is 0.900 bits per heavy atom. The summed E-state index contributed by atoms with van der Waals surface area (Å²) >= 11 is 5.97. The van der Waals surface area contributed by atoms with Gasteiger partial charge in [-0.15, -0.1) is 0 Å². The minimum atomic E-state index is -4.06. The first-order chi connectivity index (χ1) is 18.9. The molecule has 7 nitrogen and oxygen atoms in total. The van der Waals surface area contributed by atoms with E-state index in [1.165, 1.54) is 29.8 Å². The van der Waals surface area contributed by atoms with Crippen LogP contribution in [0.5, 0.6) is 0 Å². The van der Waals surface area contributed by atoms with Crippen molar-refractivity contribution in [1.82, 2.24) is 9.99 Å². The second kappa shape index (κ2) is 11.7. The highest BCUT2D eigenvalue weighted by Crippen LogP contribution is 2.27. The third-order valence-corrected chi connectivity index (χ3v) is 8.96. The van der Waals surface area contributed by atoms with Gasteiger partial charge in [0.2, 0.25) is 0 Å². The molecule has 1 amide bonds. The molecule has 0 spiro atoms. The van der Waals surface area contributed by atoms with Gasteiger partial charge in [-0.25, -0.2) is 13.8 Å². The molecule has 4 rings (SSSR count). The van der Waals surface area contributed by atoms with Crippen LogP contribution < -0.4 is 9.73 Å². The first kappa shape index (κ1) is 29.1. The molecule has 208 valence electrons. The fraction of sp³-hybridized carbons (Fsp3) is 0.226. The second-order valence-corrected chi connectivity index (χ2v) is 12.3. The number of hydrogen-bond acceptors (Lipinski definition) is 4. The van der Waals surface area contributed by atoms with Crippen LogP contribution in [0, 0.1) is 41.5 Å². The molecule has 4 aromatic rings. The van der Waals surface area contributed by atoms with Crippen LogP contribution >= 0.6 is 11.6 Å². The average molecular weight is 577 g/mol. The molecule has 0 bridgehead atoms. The molecule has 1 aromatic heterocycles. The molecule has 1 N–H and O–H groups in total. The lowest BCUT2D eigenvalue weighted by Gasteiger charge is -2.24. The minimum Gasteiger partial charge on any atom is -0.318 e. The summed E-state index contributed by atoms with van der Waals surface area (Å²) in [5.74, 6) is -0.574. The number of halogens is 1. The van der Waals surface area contributed by atoms with Crippen LogP contribution in [0.1, 0.15) is 39.2 Å². The maximum absolute atomic E-state index is 13.6. The Labute approximate surface area is 241 Å². The van der Waals surface area contributed by atoms with Crippen molar-refractivity contribution in [1.29, 1.82) is 0 Å². The molecular weight excluding hydrogens is 544 g/mol. The molecule has 0 saturated carbocycles. The van der Waals surface area contributed by atoms with Gasteiger partial charge in [0.15, 0.2) is 0 Å². The summed E-state index contributed by atoms with van der Waals surface area (Å²) in [6.45, 7) is 11.5. The fourth-order valence-electron chi connectivity index (χ4n) is 4.61. The Hall–Kier alpha value is -3.88. The van der Waals surface area contributed by atoms with E-state index in [0.717, 1.165) is 43.6 Å². The van der Waals surface area contributed by atoms with E-state index >= 15 is 0 Å². The lowest BCUT2D eigenvalue weighted by Crippen LogP contribution is -2.39. The van der Waals surface area contributed by atoms with E-state index in [1.54, 1.807) is 18.3 Å². The van der Waals surface area contributed by atoms with E-state index in [4.69, 9.17) is 11.6 Å². The quantitative estimate of drug-likeness (QED) is 0.197. The minimum absolute atomic E-state index is 0.0327. The zero-order valence-electron chi connectivity index (χ0n) is 23.5. The summed E-state index contributed by atoms with van der Waals surface area (Å²) in [7, 11) is -4.06. The van der Waals surface area contributed by atoms with Gasteiger partial charge in [0.05, 0.1) is 16.8 Å². The number of nitrogens with zero attached hydrogens (tertiary/aromatic N) is 3. The molecule has 0 fully saturated rings. The molecular formula is C31H33ClN4O3S. The number of nitrogens with one attached hydrogen (secondary N) is 1. The number of carbonyl (C=O) groups is 1. The molecule has 3 aromatic carbocycles. The molecule has 9 heteroatoms. The maximum atomic E-state index is 13.6. The fourth-order valence-corrected chi connectivity index (χ4v) is 6.15. The smallest absolute Gasteiger partial charge is 0.264 e. The highest BCUT2D eigenvalue weighted by Gasteiger charge is 2.27. The standard InChI is InChI=1S/C31H33ClN4O3S/c1-20-7-14-30(23(4)15-20)36-24(5)17-26(25(36)6)18-33-34-31(37)19-35(28-11-8-21(2)22(3)16-28)40(38,39)29-12-9-27(32)10-13-29/h7-18H,19H2,1-6H3,(H,34,37). The van der Waals surface area contributed by atoms with Gasteiger partial charge in [0.25, 0.3) is 15.9 Å². The number of sulfonamides is 1. The Morgan fingerprint density at radius 3 is 2.25 bits per heavy atom. The summed E-state index contributed by atoms with van der Waals surface area (Å²) < 4.78 is 30.4. The van der Waals surface area contributed by atoms with E-state index in [9.17, 15) is 13.2 Å². The average Bonchev–Trinajstić information content (AvgIpc) is 3.17. The van der Waals surface area contributed by atoms with E-state index < -0.39 is 22.5 Å². The van der Waals surface area contributed by atoms with Crippen LogP contribution in [0.25, 0.3) is 5.69 Å². The number of rotatable bonds is 8. The van der Waals surface area contributed by atoms with Crippen molar-refractivity contribution in [3.8, 4) is 5.69 Å². The molecule has 0 aliphatic heterocycles. The van der Waals surface area contributed by atoms with Gasteiger partial charge in [0, 0.05) is 27.7 Å². The predicted octanol–water partition coefficient (Wildman–Crippen LogP) is 6.33. The Balaban J connectivity index is 1.58. The normalized spacial score (nSPS) is 11.7. The molecule has 0 atom stereocenters. The summed E-state index contributed by atoms with van der Waals surface area (Å²) in [5, 5.41) is 4.57. The van der Waals surface area contributed by atoms with Crippen molar-refractivity contribution in [3.63, 3.8) is 0 Å². The summed E-state index contributed by atoms with van der Waals surface area (Å²) in [5.41, 5.74) is 11.1. The first-order valence-electron chi connectivity index (χ1n) is 12.8. The van der Waals surface area contributed by atoms with Crippen molar-refractivity contribution >= 4 is 39.4 Å². The van der Waals surface area contributed by atoms with Crippen LogP contribution in [0.2, 0.25) is 5.02 Å². The van der Waals surface area contributed by atoms with Gasteiger partial charge in [-0.05, 0) is 107 Å². The third kappa shape index (κ3) is 6.13. The summed E-state index contributed by atoms with van der Waals surface area (Å²) in [6, 6.07) is 19.4. The van der Waals surface area contributed by atoms with Crippen molar-refractivity contribution < 1.29 is 13.2 Å². The van der Waals surface area contributed by atoms with Crippen molar-refractivity contribution in [3.05, 3.63) is 111 Å². The molecule has 0 aliphatic rings. The lowest BCUT2D eigenvalue weighted by atomic mass is 10.1. The van der Waals surface area contributed by atoms with E-state index in [1.807, 2.05) is 39.8 Å². The SMILES string of the molecule is Cc1ccc(-n2c(C)cc(C=NNC(=O)CN(c3ccc(C)c(C)c3)S(=O)(=O)c3ccc(Cl)cc3)c2C)c(C)c1. The number of aromatic nitrogens is 1. The van der Waals surface area contributed by atoms with Gasteiger partial charge in [-0.1, -0.05) is 35.4 Å². The molecule has 0 aliphatic carbocycles. The molecule has 40 heavy (non-hydrogen) atoms. The Morgan fingerprint density at radius 2 is 1.60 bits per heavy atom. The summed E-state index contributed by atoms with van der Waals surface area (Å²) in [6.07, 6.45) is 1.58. The first-order valence-corrected chi connectivity index (χ1v) is 14.6. The number of benzene rings is 3. The van der Waals surface area contributed by atoms with Crippen LogP contribution in [0.15, 0.2) is 76.7 Å².